The van der Waals surface area contributed by atoms with Gasteiger partial charge in [-0.1, -0.05) is 31.5 Å². The highest BCUT2D eigenvalue weighted by Gasteiger charge is 2.17. The summed E-state index contributed by atoms with van der Waals surface area (Å²) in [5.41, 5.74) is 5.56. The number of hydrogen-bond donors (Lipinski definition) is 2. The molecular formula is C18H31NOS. The minimum absolute atomic E-state index is 0.282. The minimum Gasteiger partial charge on any atom is -0.396 e. The van der Waals surface area contributed by atoms with Gasteiger partial charge in [-0.25, -0.2) is 0 Å². The molecule has 1 rings (SSSR count). The standard InChI is InChI=1S/C18H31NOS/c1-6-8-19-17(12-21-16(5)7-9-20)18-14(3)10-13(2)11-15(18)4/h10-11,16-17,19-20H,6-9,12H2,1-5H3. The average Bonchev–Trinajstić information content (AvgIpc) is 2.40. The van der Waals surface area contributed by atoms with E-state index in [0.29, 0.717) is 11.3 Å². The SMILES string of the molecule is CCCNC(CSC(C)CCO)c1c(C)cc(C)cc1C. The molecule has 0 aliphatic rings. The summed E-state index contributed by atoms with van der Waals surface area (Å²) in [4.78, 5) is 0. The summed E-state index contributed by atoms with van der Waals surface area (Å²) in [5.74, 6) is 1.06. The van der Waals surface area contributed by atoms with Crippen molar-refractivity contribution in [2.45, 2.75) is 58.8 Å². The van der Waals surface area contributed by atoms with Gasteiger partial charge in [0, 0.05) is 23.7 Å². The van der Waals surface area contributed by atoms with Crippen LogP contribution in [0.15, 0.2) is 12.1 Å². The Labute approximate surface area is 134 Å². The first kappa shape index (κ1) is 18.5. The van der Waals surface area contributed by atoms with E-state index in [9.17, 15) is 0 Å². The van der Waals surface area contributed by atoms with Gasteiger partial charge >= 0.3 is 0 Å². The van der Waals surface area contributed by atoms with Crippen LogP contribution in [0.2, 0.25) is 0 Å². The molecule has 21 heavy (non-hydrogen) atoms. The van der Waals surface area contributed by atoms with E-state index in [-0.39, 0.29) is 6.61 Å². The first-order valence-corrected chi connectivity index (χ1v) is 9.08. The summed E-state index contributed by atoms with van der Waals surface area (Å²) in [7, 11) is 0. The quantitative estimate of drug-likeness (QED) is 0.718. The Morgan fingerprint density at radius 2 is 1.81 bits per heavy atom. The Kier molecular flexibility index (Phi) is 8.38. The van der Waals surface area contributed by atoms with Crippen LogP contribution in [0.4, 0.5) is 0 Å². The van der Waals surface area contributed by atoms with Crippen LogP contribution in [0.3, 0.4) is 0 Å². The van der Waals surface area contributed by atoms with Gasteiger partial charge in [-0.3, -0.25) is 0 Å². The van der Waals surface area contributed by atoms with Crippen LogP contribution in [0.25, 0.3) is 0 Å². The number of aliphatic hydroxyl groups excluding tert-OH is 1. The van der Waals surface area contributed by atoms with E-state index in [1.165, 1.54) is 22.3 Å². The van der Waals surface area contributed by atoms with Gasteiger partial charge in [-0.15, -0.1) is 0 Å². The number of thioether (sulfide) groups is 1. The Bertz CT molecular complexity index is 410. The third-order valence-corrected chi connectivity index (χ3v) is 5.14. The van der Waals surface area contributed by atoms with Crippen LogP contribution < -0.4 is 5.32 Å². The van der Waals surface area contributed by atoms with E-state index in [2.05, 4.69) is 52.1 Å². The van der Waals surface area contributed by atoms with Crippen LogP contribution in [0, 0.1) is 20.8 Å². The van der Waals surface area contributed by atoms with Gasteiger partial charge in [0.15, 0.2) is 0 Å². The first-order chi connectivity index (χ1) is 9.99. The lowest BCUT2D eigenvalue weighted by molar-refractivity contribution is 0.289. The maximum Gasteiger partial charge on any atom is 0.0441 e. The van der Waals surface area contributed by atoms with E-state index >= 15 is 0 Å². The molecule has 0 aliphatic carbocycles. The number of benzene rings is 1. The predicted octanol–water partition coefficient (Wildman–Crippen LogP) is 4.16. The van der Waals surface area contributed by atoms with Crippen molar-refractivity contribution >= 4 is 11.8 Å². The van der Waals surface area contributed by atoms with Crippen molar-refractivity contribution < 1.29 is 5.11 Å². The van der Waals surface area contributed by atoms with Crippen molar-refractivity contribution in [2.24, 2.45) is 0 Å². The van der Waals surface area contributed by atoms with Crippen LogP contribution in [-0.4, -0.2) is 29.3 Å². The summed E-state index contributed by atoms with van der Waals surface area (Å²) < 4.78 is 0. The van der Waals surface area contributed by atoms with Gasteiger partial charge < -0.3 is 10.4 Å². The average molecular weight is 310 g/mol. The molecule has 0 bridgehead atoms. The van der Waals surface area contributed by atoms with Gasteiger partial charge in [0.2, 0.25) is 0 Å². The van der Waals surface area contributed by atoms with Crippen LogP contribution in [0.5, 0.6) is 0 Å². The van der Waals surface area contributed by atoms with E-state index < -0.39 is 0 Å². The van der Waals surface area contributed by atoms with E-state index in [1.54, 1.807) is 0 Å². The zero-order chi connectivity index (χ0) is 15.8. The highest BCUT2D eigenvalue weighted by molar-refractivity contribution is 7.99. The fourth-order valence-electron chi connectivity index (χ4n) is 2.83. The third-order valence-electron chi connectivity index (χ3n) is 3.81. The second-order valence-corrected chi connectivity index (χ2v) is 7.45. The molecular weight excluding hydrogens is 278 g/mol. The molecule has 0 spiro atoms. The van der Waals surface area contributed by atoms with Crippen molar-refractivity contribution in [3.05, 3.63) is 34.4 Å². The Balaban J connectivity index is 2.86. The highest BCUT2D eigenvalue weighted by Crippen LogP contribution is 2.28. The zero-order valence-corrected chi connectivity index (χ0v) is 15.0. The number of rotatable bonds is 9. The largest absolute Gasteiger partial charge is 0.396 e. The minimum atomic E-state index is 0.282. The van der Waals surface area contributed by atoms with Gasteiger partial charge in [0.25, 0.3) is 0 Å². The van der Waals surface area contributed by atoms with Gasteiger partial charge in [0.05, 0.1) is 0 Å². The highest BCUT2D eigenvalue weighted by atomic mass is 32.2. The summed E-state index contributed by atoms with van der Waals surface area (Å²) in [6, 6.07) is 4.96. The normalized spacial score (nSPS) is 14.2. The van der Waals surface area contributed by atoms with E-state index in [4.69, 9.17) is 5.11 Å². The second-order valence-electron chi connectivity index (χ2n) is 5.98. The van der Waals surface area contributed by atoms with Crippen LogP contribution in [-0.2, 0) is 0 Å². The van der Waals surface area contributed by atoms with Gasteiger partial charge in [-0.05, 0) is 56.8 Å². The molecule has 1 aromatic carbocycles. The predicted molar refractivity (Wildman–Crippen MR) is 95.3 cm³/mol. The maximum absolute atomic E-state index is 9.05. The molecule has 0 aromatic heterocycles. The topological polar surface area (TPSA) is 32.3 Å². The Hall–Kier alpha value is -0.510. The van der Waals surface area contributed by atoms with E-state index in [0.717, 1.165) is 25.1 Å². The molecule has 2 nitrogen and oxygen atoms in total. The van der Waals surface area contributed by atoms with Gasteiger partial charge in [-0.2, -0.15) is 11.8 Å². The molecule has 120 valence electrons. The fraction of sp³-hybridized carbons (Fsp3) is 0.667. The molecule has 0 heterocycles. The van der Waals surface area contributed by atoms with Crippen molar-refractivity contribution in [2.75, 3.05) is 18.9 Å². The van der Waals surface area contributed by atoms with Crippen LogP contribution >= 0.6 is 11.8 Å². The van der Waals surface area contributed by atoms with E-state index in [1.807, 2.05) is 11.8 Å². The molecule has 2 unspecified atom stereocenters. The van der Waals surface area contributed by atoms with Gasteiger partial charge in [0.1, 0.15) is 0 Å². The lowest BCUT2D eigenvalue weighted by Gasteiger charge is -2.24. The lowest BCUT2D eigenvalue weighted by atomic mass is 9.95. The fourth-order valence-corrected chi connectivity index (χ4v) is 3.91. The first-order valence-electron chi connectivity index (χ1n) is 8.03. The Morgan fingerprint density at radius 3 is 2.33 bits per heavy atom. The molecule has 0 saturated heterocycles. The third kappa shape index (κ3) is 6.01. The van der Waals surface area contributed by atoms with Crippen molar-refractivity contribution in [3.63, 3.8) is 0 Å². The summed E-state index contributed by atoms with van der Waals surface area (Å²) in [5, 5.41) is 13.3. The monoisotopic (exact) mass is 309 g/mol. The summed E-state index contributed by atoms with van der Waals surface area (Å²) in [6.07, 6.45) is 2.02. The summed E-state index contributed by atoms with van der Waals surface area (Å²) >= 11 is 1.95. The molecule has 1 aromatic rings. The Morgan fingerprint density at radius 1 is 1.19 bits per heavy atom. The zero-order valence-electron chi connectivity index (χ0n) is 14.2. The molecule has 0 saturated carbocycles. The maximum atomic E-state index is 9.05. The number of hydrogen-bond acceptors (Lipinski definition) is 3. The molecule has 2 atom stereocenters. The lowest BCUT2D eigenvalue weighted by Crippen LogP contribution is -2.26. The number of nitrogens with one attached hydrogen (secondary N) is 1. The smallest absolute Gasteiger partial charge is 0.0441 e. The number of aryl methyl sites for hydroxylation is 3. The molecule has 0 fully saturated rings. The number of aliphatic hydroxyl groups is 1. The molecule has 0 radical (unpaired) electrons. The van der Waals surface area contributed by atoms with Crippen molar-refractivity contribution in [1.82, 2.24) is 5.32 Å². The van der Waals surface area contributed by atoms with Crippen molar-refractivity contribution in [3.8, 4) is 0 Å². The molecule has 3 heteroatoms. The molecule has 0 aliphatic heterocycles. The molecule has 0 amide bonds. The molecule has 2 N–H and O–H groups in total. The van der Waals surface area contributed by atoms with Crippen molar-refractivity contribution in [1.29, 1.82) is 0 Å². The summed E-state index contributed by atoms with van der Waals surface area (Å²) in [6.45, 7) is 12.3. The second kappa shape index (κ2) is 9.50. The van der Waals surface area contributed by atoms with Crippen LogP contribution in [0.1, 0.15) is 55.0 Å².